The number of terminal acetylenes is 1. The van der Waals surface area contributed by atoms with Crippen molar-refractivity contribution in [3.63, 3.8) is 0 Å². The summed E-state index contributed by atoms with van der Waals surface area (Å²) in [5.74, 6) is 3.57. The Balaban J connectivity index is 2.05. The van der Waals surface area contributed by atoms with Gasteiger partial charge in [0.05, 0.1) is 17.6 Å². The zero-order valence-corrected chi connectivity index (χ0v) is 11.0. The first kappa shape index (κ1) is 12.3. The average Bonchev–Trinajstić information content (AvgIpc) is 2.85. The molecule has 0 spiro atoms. The third kappa shape index (κ3) is 2.34. The first-order valence-electron chi connectivity index (χ1n) is 6.50. The molecule has 1 heterocycles. The molecule has 2 aromatic carbocycles. The molecule has 1 aromatic heterocycles. The van der Waals surface area contributed by atoms with Gasteiger partial charge < -0.3 is 4.57 Å². The van der Waals surface area contributed by atoms with Gasteiger partial charge in [-0.25, -0.2) is 4.98 Å². The Kier molecular flexibility index (Phi) is 3.34. The van der Waals surface area contributed by atoms with Crippen molar-refractivity contribution in [1.29, 1.82) is 0 Å². The number of para-hydroxylation sites is 2. The molecule has 0 aliphatic rings. The molecule has 2 heteroatoms. The lowest BCUT2D eigenvalue weighted by atomic mass is 10.2. The Morgan fingerprint density at radius 1 is 1.00 bits per heavy atom. The zero-order valence-electron chi connectivity index (χ0n) is 11.0. The summed E-state index contributed by atoms with van der Waals surface area (Å²) in [5, 5.41) is 0. The van der Waals surface area contributed by atoms with Crippen molar-refractivity contribution < 1.29 is 0 Å². The Bertz CT molecular complexity index is 789. The highest BCUT2D eigenvalue weighted by molar-refractivity contribution is 5.80. The molecule has 0 fully saturated rings. The van der Waals surface area contributed by atoms with E-state index in [-0.39, 0.29) is 0 Å². The number of hydrogen-bond acceptors (Lipinski definition) is 1. The molecule has 20 heavy (non-hydrogen) atoms. The largest absolute Gasteiger partial charge is 0.313 e. The van der Waals surface area contributed by atoms with E-state index in [4.69, 9.17) is 6.42 Å². The summed E-state index contributed by atoms with van der Waals surface area (Å²) < 4.78 is 2.05. The summed E-state index contributed by atoms with van der Waals surface area (Å²) in [6.07, 6.45) is 9.52. The van der Waals surface area contributed by atoms with Gasteiger partial charge in [-0.05, 0) is 23.8 Å². The minimum atomic E-state index is 0.523. The Hall–Kier alpha value is -2.79. The highest BCUT2D eigenvalue weighted by atomic mass is 15.1. The van der Waals surface area contributed by atoms with Gasteiger partial charge in [-0.3, -0.25) is 0 Å². The van der Waals surface area contributed by atoms with Crippen LogP contribution in [0.25, 0.3) is 23.2 Å². The first-order valence-corrected chi connectivity index (χ1v) is 6.50. The molecule has 0 bridgehead atoms. The second-order valence-electron chi connectivity index (χ2n) is 4.49. The predicted octanol–water partition coefficient (Wildman–Crippen LogP) is 3.84. The lowest BCUT2D eigenvalue weighted by Crippen LogP contribution is -1.98. The first-order chi connectivity index (χ1) is 9.88. The number of benzene rings is 2. The molecule has 0 unspecified atom stereocenters. The van der Waals surface area contributed by atoms with E-state index < -0.39 is 0 Å². The van der Waals surface area contributed by atoms with Crippen LogP contribution in [0.2, 0.25) is 0 Å². The van der Waals surface area contributed by atoms with Crippen LogP contribution in [0, 0.1) is 12.3 Å². The molecule has 0 radical (unpaired) electrons. The maximum atomic E-state index is 5.46. The molecule has 3 rings (SSSR count). The van der Waals surface area contributed by atoms with Crippen molar-refractivity contribution in [1.82, 2.24) is 9.55 Å². The van der Waals surface area contributed by atoms with Gasteiger partial charge in [0.15, 0.2) is 0 Å². The topological polar surface area (TPSA) is 17.8 Å². The number of fused-ring (bicyclic) bond motifs is 1. The fourth-order valence-electron chi connectivity index (χ4n) is 2.21. The van der Waals surface area contributed by atoms with E-state index in [9.17, 15) is 0 Å². The zero-order chi connectivity index (χ0) is 13.8. The van der Waals surface area contributed by atoms with Crippen molar-refractivity contribution in [3.05, 3.63) is 66.0 Å². The van der Waals surface area contributed by atoms with Crippen LogP contribution in [0.15, 0.2) is 54.6 Å². The number of imidazole rings is 1. The standard InChI is InChI=1S/C18H14N2/c1-2-14-20-17-11-7-6-10-16(17)19-18(20)13-12-15-8-4-3-5-9-15/h1,3-13H,14H2. The summed E-state index contributed by atoms with van der Waals surface area (Å²) in [4.78, 5) is 4.63. The normalized spacial score (nSPS) is 10.9. The molecule has 0 aliphatic heterocycles. The van der Waals surface area contributed by atoms with Gasteiger partial charge in [0, 0.05) is 0 Å². The molecule has 2 nitrogen and oxygen atoms in total. The lowest BCUT2D eigenvalue weighted by Gasteiger charge is -2.01. The maximum absolute atomic E-state index is 5.46. The minimum Gasteiger partial charge on any atom is -0.313 e. The number of rotatable bonds is 3. The van der Waals surface area contributed by atoms with Crippen LogP contribution in [0.5, 0.6) is 0 Å². The van der Waals surface area contributed by atoms with Gasteiger partial charge in [0.2, 0.25) is 0 Å². The second kappa shape index (κ2) is 5.46. The van der Waals surface area contributed by atoms with E-state index in [1.54, 1.807) is 0 Å². The van der Waals surface area contributed by atoms with Crippen molar-refractivity contribution in [3.8, 4) is 12.3 Å². The Labute approximate surface area is 118 Å². The van der Waals surface area contributed by atoms with Gasteiger partial charge in [-0.15, -0.1) is 6.42 Å². The molecule has 0 atom stereocenters. The van der Waals surface area contributed by atoms with Crippen LogP contribution in [0.3, 0.4) is 0 Å². The Morgan fingerprint density at radius 2 is 1.75 bits per heavy atom. The van der Waals surface area contributed by atoms with Crippen molar-refractivity contribution in [2.75, 3.05) is 0 Å². The molecule has 0 saturated carbocycles. The number of aromatic nitrogens is 2. The van der Waals surface area contributed by atoms with E-state index in [1.165, 1.54) is 0 Å². The summed E-state index contributed by atoms with van der Waals surface area (Å²) in [7, 11) is 0. The maximum Gasteiger partial charge on any atom is 0.134 e. The number of nitrogens with zero attached hydrogens (tertiary/aromatic N) is 2. The van der Waals surface area contributed by atoms with Crippen LogP contribution in [0.1, 0.15) is 11.4 Å². The van der Waals surface area contributed by atoms with Crippen molar-refractivity contribution in [2.45, 2.75) is 6.54 Å². The highest BCUT2D eigenvalue weighted by Gasteiger charge is 2.06. The van der Waals surface area contributed by atoms with E-state index >= 15 is 0 Å². The lowest BCUT2D eigenvalue weighted by molar-refractivity contribution is 0.858. The third-order valence-corrected chi connectivity index (χ3v) is 3.16. The van der Waals surface area contributed by atoms with E-state index in [1.807, 2.05) is 54.6 Å². The third-order valence-electron chi connectivity index (χ3n) is 3.16. The molecule has 0 amide bonds. The van der Waals surface area contributed by atoms with Gasteiger partial charge in [-0.1, -0.05) is 54.5 Å². The average molecular weight is 258 g/mol. The van der Waals surface area contributed by atoms with Crippen LogP contribution >= 0.6 is 0 Å². The summed E-state index contributed by atoms with van der Waals surface area (Å²) in [6.45, 7) is 0.523. The summed E-state index contributed by atoms with van der Waals surface area (Å²) in [5.41, 5.74) is 3.18. The Morgan fingerprint density at radius 3 is 2.55 bits per heavy atom. The van der Waals surface area contributed by atoms with Crippen LogP contribution < -0.4 is 0 Å². The van der Waals surface area contributed by atoms with Crippen LogP contribution in [-0.2, 0) is 6.54 Å². The predicted molar refractivity (Wildman–Crippen MR) is 83.9 cm³/mol. The van der Waals surface area contributed by atoms with Gasteiger partial charge in [0.25, 0.3) is 0 Å². The van der Waals surface area contributed by atoms with Gasteiger partial charge in [0.1, 0.15) is 5.82 Å². The number of hydrogen-bond donors (Lipinski definition) is 0. The smallest absolute Gasteiger partial charge is 0.134 e. The monoisotopic (exact) mass is 258 g/mol. The quantitative estimate of drug-likeness (QED) is 0.653. The fraction of sp³-hybridized carbons (Fsp3) is 0.0556. The molecule has 3 aromatic rings. The van der Waals surface area contributed by atoms with E-state index in [0.717, 1.165) is 22.4 Å². The molecule has 0 saturated heterocycles. The summed E-state index contributed by atoms with van der Waals surface area (Å²) in [6, 6.07) is 18.2. The van der Waals surface area contributed by atoms with Crippen LogP contribution in [-0.4, -0.2) is 9.55 Å². The van der Waals surface area contributed by atoms with Crippen molar-refractivity contribution in [2.24, 2.45) is 0 Å². The van der Waals surface area contributed by atoms with Crippen LogP contribution in [0.4, 0.5) is 0 Å². The molecule has 96 valence electrons. The molecule has 0 aliphatic carbocycles. The molecule has 0 N–H and O–H groups in total. The molecular weight excluding hydrogens is 244 g/mol. The van der Waals surface area contributed by atoms with Crippen molar-refractivity contribution >= 4 is 23.2 Å². The van der Waals surface area contributed by atoms with Gasteiger partial charge >= 0.3 is 0 Å². The highest BCUT2D eigenvalue weighted by Crippen LogP contribution is 2.17. The van der Waals surface area contributed by atoms with E-state index in [0.29, 0.717) is 6.54 Å². The SMILES string of the molecule is C#CCn1c(C=Cc2ccccc2)nc2ccccc21. The minimum absolute atomic E-state index is 0.523. The summed E-state index contributed by atoms with van der Waals surface area (Å²) >= 11 is 0. The van der Waals surface area contributed by atoms with Gasteiger partial charge in [-0.2, -0.15) is 0 Å². The van der Waals surface area contributed by atoms with E-state index in [2.05, 4.69) is 27.6 Å². The fourth-order valence-corrected chi connectivity index (χ4v) is 2.21. The second-order valence-corrected chi connectivity index (χ2v) is 4.49. The molecular formula is C18H14N2.